The first-order chi connectivity index (χ1) is 7.62. The van der Waals surface area contributed by atoms with Crippen molar-refractivity contribution in [3.63, 3.8) is 0 Å². The summed E-state index contributed by atoms with van der Waals surface area (Å²) in [6.07, 6.45) is 2.78. The second-order valence-electron chi connectivity index (χ2n) is 6.63. The lowest BCUT2D eigenvalue weighted by molar-refractivity contribution is 0.141. The molecular weight excluding hydrogens is 214 g/mol. The molecule has 3 nitrogen and oxygen atoms in total. The van der Waals surface area contributed by atoms with Gasteiger partial charge in [-0.05, 0) is 30.1 Å². The van der Waals surface area contributed by atoms with Crippen molar-refractivity contribution in [2.75, 3.05) is 7.11 Å². The van der Waals surface area contributed by atoms with Crippen LogP contribution in [0.5, 0.6) is 0 Å². The van der Waals surface area contributed by atoms with Crippen molar-refractivity contribution in [2.24, 2.45) is 10.8 Å². The van der Waals surface area contributed by atoms with Crippen LogP contribution in [0.25, 0.3) is 0 Å². The molecule has 0 heterocycles. The molecule has 0 saturated carbocycles. The van der Waals surface area contributed by atoms with Gasteiger partial charge in [0.15, 0.2) is 0 Å². The van der Waals surface area contributed by atoms with Gasteiger partial charge in [-0.1, -0.05) is 41.5 Å². The highest BCUT2D eigenvalue weighted by molar-refractivity contribution is 5.67. The molecule has 0 aliphatic heterocycles. The van der Waals surface area contributed by atoms with Crippen molar-refractivity contribution in [3.05, 3.63) is 0 Å². The van der Waals surface area contributed by atoms with Crippen LogP contribution in [-0.4, -0.2) is 19.2 Å². The fourth-order valence-electron chi connectivity index (χ4n) is 1.68. The quantitative estimate of drug-likeness (QED) is 0.793. The minimum absolute atomic E-state index is 0.0967. The first-order valence-corrected chi connectivity index (χ1v) is 6.47. The summed E-state index contributed by atoms with van der Waals surface area (Å²) in [5.41, 5.74) is 0.388. The normalized spacial score (nSPS) is 14.3. The average molecular weight is 243 g/mol. The van der Waals surface area contributed by atoms with Gasteiger partial charge in [0, 0.05) is 6.04 Å². The third-order valence-electron chi connectivity index (χ3n) is 3.52. The minimum atomic E-state index is -0.328. The second-order valence-corrected chi connectivity index (χ2v) is 6.63. The van der Waals surface area contributed by atoms with E-state index in [0.29, 0.717) is 5.41 Å². The molecule has 0 aromatic heterocycles. The van der Waals surface area contributed by atoms with Crippen molar-refractivity contribution in [1.82, 2.24) is 5.32 Å². The molecule has 0 aromatic rings. The molecule has 0 spiro atoms. The molecule has 0 saturated heterocycles. The Hall–Kier alpha value is -0.730. The van der Waals surface area contributed by atoms with Gasteiger partial charge in [-0.2, -0.15) is 0 Å². The van der Waals surface area contributed by atoms with Gasteiger partial charge >= 0.3 is 6.09 Å². The van der Waals surface area contributed by atoms with E-state index >= 15 is 0 Å². The Balaban J connectivity index is 4.57. The number of rotatable bonds is 5. The number of hydrogen-bond donors (Lipinski definition) is 1. The molecule has 102 valence electrons. The van der Waals surface area contributed by atoms with E-state index in [1.54, 1.807) is 0 Å². The molecule has 3 heteroatoms. The van der Waals surface area contributed by atoms with Gasteiger partial charge in [0.25, 0.3) is 0 Å². The highest BCUT2D eigenvalue weighted by Gasteiger charge is 2.30. The van der Waals surface area contributed by atoms with Crippen LogP contribution >= 0.6 is 0 Å². The van der Waals surface area contributed by atoms with Crippen LogP contribution < -0.4 is 5.32 Å². The lowest BCUT2D eigenvalue weighted by Gasteiger charge is -2.35. The van der Waals surface area contributed by atoms with Crippen molar-refractivity contribution in [3.8, 4) is 0 Å². The maximum atomic E-state index is 11.4. The monoisotopic (exact) mass is 243 g/mol. The van der Waals surface area contributed by atoms with Gasteiger partial charge in [0.1, 0.15) is 0 Å². The first kappa shape index (κ1) is 16.3. The van der Waals surface area contributed by atoms with E-state index in [1.165, 1.54) is 7.11 Å². The molecule has 0 radical (unpaired) electrons. The molecule has 1 amide bonds. The van der Waals surface area contributed by atoms with Gasteiger partial charge < -0.3 is 10.1 Å². The van der Waals surface area contributed by atoms with Crippen molar-refractivity contribution < 1.29 is 9.53 Å². The van der Waals surface area contributed by atoms with Crippen LogP contribution in [0.2, 0.25) is 0 Å². The zero-order valence-electron chi connectivity index (χ0n) is 12.5. The first-order valence-electron chi connectivity index (χ1n) is 6.47. The smallest absolute Gasteiger partial charge is 0.407 e. The summed E-state index contributed by atoms with van der Waals surface area (Å²) in [6.45, 7) is 13.2. The number of hydrogen-bond acceptors (Lipinski definition) is 2. The number of ether oxygens (including phenoxy) is 1. The van der Waals surface area contributed by atoms with Crippen molar-refractivity contribution >= 4 is 6.09 Å². The molecular formula is C14H29NO2. The fourth-order valence-corrected chi connectivity index (χ4v) is 1.68. The molecule has 17 heavy (non-hydrogen) atoms. The van der Waals surface area contributed by atoms with E-state index in [1.807, 2.05) is 0 Å². The summed E-state index contributed by atoms with van der Waals surface area (Å²) >= 11 is 0. The zero-order chi connectivity index (χ0) is 13.7. The summed E-state index contributed by atoms with van der Waals surface area (Å²) < 4.78 is 4.70. The summed E-state index contributed by atoms with van der Waals surface area (Å²) in [4.78, 5) is 11.4. The third-order valence-corrected chi connectivity index (χ3v) is 3.52. The Morgan fingerprint density at radius 1 is 1.24 bits per heavy atom. The zero-order valence-corrected chi connectivity index (χ0v) is 12.5. The second kappa shape index (κ2) is 6.27. The van der Waals surface area contributed by atoms with Crippen LogP contribution in [0.15, 0.2) is 0 Å². The van der Waals surface area contributed by atoms with Gasteiger partial charge in [0.2, 0.25) is 0 Å². The van der Waals surface area contributed by atoms with Gasteiger partial charge in [-0.3, -0.25) is 0 Å². The predicted octanol–water partition coefficient (Wildman–Crippen LogP) is 3.97. The Bertz CT molecular complexity index is 241. The Labute approximate surface area is 106 Å². The molecule has 0 fully saturated rings. The summed E-state index contributed by atoms with van der Waals surface area (Å²) in [7, 11) is 1.41. The number of alkyl carbamates (subject to hydrolysis) is 1. The summed E-state index contributed by atoms with van der Waals surface area (Å²) in [6, 6.07) is 0.166. The topological polar surface area (TPSA) is 38.3 Å². The molecule has 1 atom stereocenters. The molecule has 0 bridgehead atoms. The molecule has 1 unspecified atom stereocenters. The Morgan fingerprint density at radius 3 is 2.12 bits per heavy atom. The maximum Gasteiger partial charge on any atom is 0.407 e. The number of amides is 1. The minimum Gasteiger partial charge on any atom is -0.453 e. The standard InChI is InChI=1S/C14H29NO2/c1-8-14(5,6)11(15-12(16)17-7)9-10-13(2,3)4/h11H,8-10H2,1-7H3,(H,15,16). The van der Waals surface area contributed by atoms with Crippen LogP contribution in [0.1, 0.15) is 60.8 Å². The number of carbonyl (C=O) groups is 1. The Morgan fingerprint density at radius 2 is 1.76 bits per heavy atom. The van der Waals surface area contributed by atoms with Crippen LogP contribution in [-0.2, 0) is 4.74 Å². The highest BCUT2D eigenvalue weighted by Crippen LogP contribution is 2.31. The highest BCUT2D eigenvalue weighted by atomic mass is 16.5. The Kier molecular flexibility index (Phi) is 6.00. The SMILES string of the molecule is CCC(C)(C)C(CCC(C)(C)C)NC(=O)OC. The third kappa shape index (κ3) is 6.54. The number of methoxy groups -OCH3 is 1. The van der Waals surface area contributed by atoms with Crippen molar-refractivity contribution in [1.29, 1.82) is 0 Å². The van der Waals surface area contributed by atoms with E-state index < -0.39 is 0 Å². The predicted molar refractivity (Wildman–Crippen MR) is 72.1 cm³/mol. The molecule has 0 aromatic carbocycles. The van der Waals surface area contributed by atoms with E-state index in [4.69, 9.17) is 4.74 Å². The van der Waals surface area contributed by atoms with Gasteiger partial charge in [-0.15, -0.1) is 0 Å². The maximum absolute atomic E-state index is 11.4. The fraction of sp³-hybridized carbons (Fsp3) is 0.929. The van der Waals surface area contributed by atoms with Gasteiger partial charge in [-0.25, -0.2) is 4.79 Å². The number of nitrogens with one attached hydrogen (secondary N) is 1. The van der Waals surface area contributed by atoms with Gasteiger partial charge in [0.05, 0.1) is 7.11 Å². The van der Waals surface area contributed by atoms with Crippen LogP contribution in [0.3, 0.4) is 0 Å². The molecule has 0 aliphatic rings. The number of carbonyl (C=O) groups excluding carboxylic acids is 1. The van der Waals surface area contributed by atoms with E-state index in [0.717, 1.165) is 19.3 Å². The van der Waals surface area contributed by atoms with Crippen LogP contribution in [0.4, 0.5) is 4.79 Å². The lowest BCUT2D eigenvalue weighted by Crippen LogP contribution is -2.45. The molecule has 0 rings (SSSR count). The average Bonchev–Trinajstić information content (AvgIpc) is 2.22. The van der Waals surface area contributed by atoms with E-state index in [9.17, 15) is 4.79 Å². The lowest BCUT2D eigenvalue weighted by atomic mass is 9.77. The van der Waals surface area contributed by atoms with E-state index in [-0.39, 0.29) is 17.6 Å². The summed E-state index contributed by atoms with van der Waals surface area (Å²) in [5, 5.41) is 2.97. The van der Waals surface area contributed by atoms with E-state index in [2.05, 4.69) is 46.9 Å². The largest absolute Gasteiger partial charge is 0.453 e. The summed E-state index contributed by atoms with van der Waals surface area (Å²) in [5.74, 6) is 0. The van der Waals surface area contributed by atoms with Crippen LogP contribution in [0, 0.1) is 10.8 Å². The molecule has 1 N–H and O–H groups in total. The molecule has 0 aliphatic carbocycles. The van der Waals surface area contributed by atoms with Crippen molar-refractivity contribution in [2.45, 2.75) is 66.8 Å².